The monoisotopic (exact) mass is 376 g/mol. The number of hydrogen-bond donors (Lipinski definition) is 2. The summed E-state index contributed by atoms with van der Waals surface area (Å²) in [5.74, 6) is -3.49. The smallest absolute Gasteiger partial charge is 0.269 e. The molecule has 8 heteroatoms. The van der Waals surface area contributed by atoms with Crippen LogP contribution < -0.4 is 11.1 Å². The summed E-state index contributed by atoms with van der Waals surface area (Å²) >= 11 is 1.22. The number of imidazole rings is 1. The van der Waals surface area contributed by atoms with Gasteiger partial charge in [0.05, 0.1) is 16.8 Å². The first-order valence-corrected chi connectivity index (χ1v) is 9.29. The molecule has 1 amide bonds. The van der Waals surface area contributed by atoms with E-state index in [-0.39, 0.29) is 6.42 Å². The molecule has 0 bridgehead atoms. The van der Waals surface area contributed by atoms with Crippen LogP contribution in [-0.2, 0) is 0 Å². The fourth-order valence-electron chi connectivity index (χ4n) is 3.37. The molecule has 2 atom stereocenters. The fraction of sp³-hybridized carbons (Fsp3) is 0.333. The maximum absolute atomic E-state index is 14.1. The number of carbonyl (C=O) groups is 1. The van der Waals surface area contributed by atoms with Gasteiger partial charge in [-0.15, -0.1) is 11.3 Å². The number of fused-ring (bicyclic) bond motifs is 1. The van der Waals surface area contributed by atoms with Crippen LogP contribution in [0.1, 0.15) is 28.9 Å². The lowest BCUT2D eigenvalue weighted by molar-refractivity contribution is -0.0674. The number of nitrogens with one attached hydrogen (secondary N) is 1. The van der Waals surface area contributed by atoms with Gasteiger partial charge in [-0.1, -0.05) is 6.07 Å². The third-order valence-electron chi connectivity index (χ3n) is 4.75. The molecule has 3 N–H and O–H groups in total. The van der Waals surface area contributed by atoms with Crippen molar-refractivity contribution in [2.45, 2.75) is 37.3 Å². The average Bonchev–Trinajstić information content (AvgIpc) is 3.24. The summed E-state index contributed by atoms with van der Waals surface area (Å²) in [5.41, 5.74) is 8.28. The molecule has 0 saturated heterocycles. The predicted molar refractivity (Wildman–Crippen MR) is 96.5 cm³/mol. The second kappa shape index (κ2) is 6.44. The van der Waals surface area contributed by atoms with Crippen LogP contribution in [0.2, 0.25) is 0 Å². The Balaban J connectivity index is 1.57. The quantitative estimate of drug-likeness (QED) is 0.737. The Hall–Kier alpha value is -2.32. The Morgan fingerprint density at radius 1 is 1.42 bits per heavy atom. The molecule has 0 radical (unpaired) electrons. The molecule has 1 aliphatic carbocycles. The van der Waals surface area contributed by atoms with Gasteiger partial charge >= 0.3 is 0 Å². The first-order chi connectivity index (χ1) is 12.5. The van der Waals surface area contributed by atoms with E-state index in [0.29, 0.717) is 17.7 Å². The predicted octanol–water partition coefficient (Wildman–Crippen LogP) is 3.31. The third kappa shape index (κ3) is 2.99. The average molecular weight is 376 g/mol. The van der Waals surface area contributed by atoms with E-state index in [4.69, 9.17) is 5.73 Å². The topological polar surface area (TPSA) is 72.4 Å². The van der Waals surface area contributed by atoms with Crippen LogP contribution in [0, 0.1) is 0 Å². The minimum Gasteiger partial charge on any atom is -0.341 e. The highest BCUT2D eigenvalue weighted by Gasteiger charge is 2.46. The van der Waals surface area contributed by atoms with Gasteiger partial charge in [-0.3, -0.25) is 9.20 Å². The summed E-state index contributed by atoms with van der Waals surface area (Å²) in [6.45, 7) is 0. The molecule has 26 heavy (non-hydrogen) atoms. The van der Waals surface area contributed by atoms with Crippen LogP contribution in [0.4, 0.5) is 8.78 Å². The Morgan fingerprint density at radius 3 is 3.08 bits per heavy atom. The van der Waals surface area contributed by atoms with Crippen molar-refractivity contribution in [3.8, 4) is 11.3 Å². The number of pyridine rings is 1. The molecule has 3 aromatic heterocycles. The van der Waals surface area contributed by atoms with Gasteiger partial charge in [0.1, 0.15) is 11.7 Å². The van der Waals surface area contributed by atoms with Crippen LogP contribution in [0.5, 0.6) is 0 Å². The van der Waals surface area contributed by atoms with E-state index < -0.39 is 23.9 Å². The van der Waals surface area contributed by atoms with Crippen molar-refractivity contribution >= 4 is 22.9 Å². The standard InChI is InChI=1S/C18H18F2N4OS/c19-18(20)6-3-4-12(21)16(18)23-17(25)14-8-11(10-26-14)13-9-22-15-5-1-2-7-24(13)15/h1-2,5,7-10,12,16H,3-4,6,21H2,(H,23,25)/t12-,16-/m1/s1. The van der Waals surface area contributed by atoms with Crippen LogP contribution in [0.25, 0.3) is 16.9 Å². The van der Waals surface area contributed by atoms with Crippen LogP contribution in [0.15, 0.2) is 42.0 Å². The molecule has 0 spiro atoms. The van der Waals surface area contributed by atoms with Crippen LogP contribution in [-0.4, -0.2) is 33.3 Å². The molecule has 3 heterocycles. The van der Waals surface area contributed by atoms with Crippen LogP contribution >= 0.6 is 11.3 Å². The zero-order chi connectivity index (χ0) is 18.3. The Kier molecular flexibility index (Phi) is 4.24. The SMILES string of the molecule is N[C@@H]1CCCC(F)(F)[C@@H]1NC(=O)c1cc(-c2cnc3ccccn23)cs1. The first-order valence-electron chi connectivity index (χ1n) is 8.41. The molecule has 0 unspecified atom stereocenters. The van der Waals surface area contributed by atoms with Gasteiger partial charge in [-0.2, -0.15) is 0 Å². The zero-order valence-electron chi connectivity index (χ0n) is 13.9. The maximum atomic E-state index is 14.1. The maximum Gasteiger partial charge on any atom is 0.269 e. The summed E-state index contributed by atoms with van der Waals surface area (Å²) in [6, 6.07) is 5.31. The number of aromatic nitrogens is 2. The van der Waals surface area contributed by atoms with Crippen molar-refractivity contribution in [1.29, 1.82) is 0 Å². The highest BCUT2D eigenvalue weighted by atomic mass is 32.1. The minimum atomic E-state index is -2.98. The van der Waals surface area contributed by atoms with Crippen molar-refractivity contribution in [1.82, 2.24) is 14.7 Å². The summed E-state index contributed by atoms with van der Waals surface area (Å²) in [4.78, 5) is 17.2. The molecule has 3 aromatic rings. The van der Waals surface area contributed by atoms with Gasteiger partial charge in [0.15, 0.2) is 0 Å². The van der Waals surface area contributed by atoms with Crippen molar-refractivity contribution in [3.63, 3.8) is 0 Å². The van der Waals surface area contributed by atoms with Crippen LogP contribution in [0.3, 0.4) is 0 Å². The normalized spacial score (nSPS) is 22.4. The Bertz CT molecular complexity index is 951. The van der Waals surface area contributed by atoms with E-state index in [9.17, 15) is 13.6 Å². The number of alkyl halides is 2. The lowest BCUT2D eigenvalue weighted by atomic mass is 9.87. The van der Waals surface area contributed by atoms with Gasteiger partial charge in [0, 0.05) is 29.6 Å². The number of halogens is 2. The lowest BCUT2D eigenvalue weighted by Crippen LogP contribution is -2.59. The number of amides is 1. The third-order valence-corrected chi connectivity index (χ3v) is 5.68. The number of carbonyl (C=O) groups excluding carboxylic acids is 1. The molecule has 1 aliphatic rings. The summed E-state index contributed by atoms with van der Waals surface area (Å²) in [5, 5.41) is 4.27. The highest BCUT2D eigenvalue weighted by molar-refractivity contribution is 7.12. The Labute approximate surface area is 152 Å². The molecule has 0 aliphatic heterocycles. The molecule has 1 saturated carbocycles. The lowest BCUT2D eigenvalue weighted by Gasteiger charge is -2.36. The van der Waals surface area contributed by atoms with E-state index >= 15 is 0 Å². The van der Waals surface area contributed by atoms with Gasteiger partial charge < -0.3 is 11.1 Å². The number of nitrogens with two attached hydrogens (primary N) is 1. The second-order valence-electron chi connectivity index (χ2n) is 6.54. The largest absolute Gasteiger partial charge is 0.341 e. The number of nitrogens with zero attached hydrogens (tertiary/aromatic N) is 2. The van der Waals surface area contributed by atoms with Crippen molar-refractivity contribution in [3.05, 3.63) is 46.9 Å². The van der Waals surface area contributed by atoms with Gasteiger partial charge in [0.2, 0.25) is 0 Å². The van der Waals surface area contributed by atoms with E-state index in [0.717, 1.165) is 16.9 Å². The minimum absolute atomic E-state index is 0.247. The second-order valence-corrected chi connectivity index (χ2v) is 7.45. The van der Waals surface area contributed by atoms with E-state index in [1.165, 1.54) is 11.3 Å². The van der Waals surface area contributed by atoms with Gasteiger partial charge in [0.25, 0.3) is 11.8 Å². The molecular formula is C18H18F2N4OS. The molecular weight excluding hydrogens is 358 g/mol. The van der Waals surface area contributed by atoms with Crippen molar-refractivity contribution < 1.29 is 13.6 Å². The molecule has 5 nitrogen and oxygen atoms in total. The summed E-state index contributed by atoms with van der Waals surface area (Å²) in [7, 11) is 0. The number of thiophene rings is 1. The molecule has 1 fully saturated rings. The summed E-state index contributed by atoms with van der Waals surface area (Å²) in [6.07, 6.45) is 4.22. The van der Waals surface area contributed by atoms with Crippen molar-refractivity contribution in [2.24, 2.45) is 5.73 Å². The first kappa shape index (κ1) is 17.1. The van der Waals surface area contributed by atoms with E-state index in [1.807, 2.05) is 34.2 Å². The molecule has 136 valence electrons. The Morgan fingerprint density at radius 2 is 2.27 bits per heavy atom. The van der Waals surface area contributed by atoms with Gasteiger partial charge in [-0.05, 0) is 31.0 Å². The number of rotatable bonds is 3. The molecule has 0 aromatic carbocycles. The fourth-order valence-corrected chi connectivity index (χ4v) is 4.17. The molecule has 4 rings (SSSR count). The van der Waals surface area contributed by atoms with Crippen molar-refractivity contribution in [2.75, 3.05) is 0 Å². The zero-order valence-corrected chi connectivity index (χ0v) is 14.7. The van der Waals surface area contributed by atoms with E-state index in [2.05, 4.69) is 10.3 Å². The number of hydrogen-bond acceptors (Lipinski definition) is 4. The summed E-state index contributed by atoms with van der Waals surface area (Å²) < 4.78 is 30.1. The van der Waals surface area contributed by atoms with Gasteiger partial charge in [-0.25, -0.2) is 13.8 Å². The van der Waals surface area contributed by atoms with E-state index in [1.54, 1.807) is 12.3 Å². The highest BCUT2D eigenvalue weighted by Crippen LogP contribution is 2.33.